The number of halogens is 3. The van der Waals surface area contributed by atoms with Gasteiger partial charge in [0.25, 0.3) is 0 Å². The monoisotopic (exact) mass is 339 g/mol. The van der Waals surface area contributed by atoms with Gasteiger partial charge >= 0.3 is 7.12 Å². The summed E-state index contributed by atoms with van der Waals surface area (Å²) < 4.78 is 51.5. The zero-order valence-corrected chi connectivity index (χ0v) is 14.3. The van der Waals surface area contributed by atoms with Gasteiger partial charge in [-0.1, -0.05) is 6.07 Å². The van der Waals surface area contributed by atoms with Crippen molar-refractivity contribution in [2.75, 3.05) is 0 Å². The molecule has 2 heterocycles. The Kier molecular flexibility index (Phi) is 4.08. The highest BCUT2D eigenvalue weighted by Crippen LogP contribution is 2.47. The highest BCUT2D eigenvalue weighted by atomic mass is 19.3. The summed E-state index contributed by atoms with van der Waals surface area (Å²) in [5.41, 5.74) is -0.606. The van der Waals surface area contributed by atoms with Gasteiger partial charge in [0, 0.05) is 30.7 Å². The van der Waals surface area contributed by atoms with Crippen LogP contribution < -0.4 is 0 Å². The van der Waals surface area contributed by atoms with Crippen LogP contribution in [0, 0.1) is 0 Å². The van der Waals surface area contributed by atoms with Crippen LogP contribution in [0.15, 0.2) is 24.1 Å². The van der Waals surface area contributed by atoms with Gasteiger partial charge in [-0.2, -0.15) is 0 Å². The fourth-order valence-electron chi connectivity index (χ4n) is 2.80. The fourth-order valence-corrected chi connectivity index (χ4v) is 2.80. The predicted octanol–water partition coefficient (Wildman–Crippen LogP) is 4.54. The molecular formula is C17H21BF3NO2. The molecule has 1 aliphatic heterocycles. The van der Waals surface area contributed by atoms with Crippen molar-refractivity contribution >= 4 is 13.2 Å². The van der Waals surface area contributed by atoms with E-state index in [0.29, 0.717) is 11.3 Å². The van der Waals surface area contributed by atoms with Crippen LogP contribution >= 0.6 is 0 Å². The molecule has 1 aromatic rings. The Labute approximate surface area is 140 Å². The van der Waals surface area contributed by atoms with E-state index in [2.05, 4.69) is 4.98 Å². The molecule has 7 heteroatoms. The van der Waals surface area contributed by atoms with Crippen LogP contribution in [0.4, 0.5) is 13.2 Å². The average Bonchev–Trinajstić information content (AvgIpc) is 2.66. The summed E-state index contributed by atoms with van der Waals surface area (Å²) in [7, 11) is -1.06. The van der Waals surface area contributed by atoms with E-state index in [1.807, 2.05) is 27.7 Å². The lowest BCUT2D eigenvalue weighted by molar-refractivity contribution is -0.0876. The number of alkyl halides is 2. The minimum absolute atomic E-state index is 0.169. The van der Waals surface area contributed by atoms with E-state index in [0.717, 1.165) is 0 Å². The molecule has 0 amide bonds. The van der Waals surface area contributed by atoms with Gasteiger partial charge in [0.1, 0.15) is 5.73 Å². The maximum absolute atomic E-state index is 14.4. The number of nitrogens with zero attached hydrogens (tertiary/aromatic N) is 1. The third kappa shape index (κ3) is 3.24. The quantitative estimate of drug-likeness (QED) is 0.758. The molecule has 0 aromatic carbocycles. The van der Waals surface area contributed by atoms with Crippen LogP contribution in [0.5, 0.6) is 0 Å². The molecule has 0 spiro atoms. The predicted molar refractivity (Wildman–Crippen MR) is 86.3 cm³/mol. The zero-order chi connectivity index (χ0) is 17.8. The Morgan fingerprint density at radius 3 is 2.21 bits per heavy atom. The van der Waals surface area contributed by atoms with Gasteiger partial charge in [-0.15, -0.1) is 0 Å². The lowest BCUT2D eigenvalue weighted by atomic mass is 9.79. The van der Waals surface area contributed by atoms with Gasteiger partial charge in [-0.05, 0) is 45.4 Å². The molecule has 3 nitrogen and oxygen atoms in total. The topological polar surface area (TPSA) is 31.4 Å². The summed E-state index contributed by atoms with van der Waals surface area (Å²) in [4.78, 5) is 4.18. The van der Waals surface area contributed by atoms with E-state index < -0.39 is 30.0 Å². The van der Waals surface area contributed by atoms with Crippen LogP contribution in [0.2, 0.25) is 0 Å². The van der Waals surface area contributed by atoms with E-state index in [9.17, 15) is 13.2 Å². The van der Waals surface area contributed by atoms with Crippen molar-refractivity contribution < 1.29 is 22.5 Å². The third-order valence-corrected chi connectivity index (χ3v) is 5.10. The summed E-state index contributed by atoms with van der Waals surface area (Å²) in [6.07, 6.45) is 2.44. The van der Waals surface area contributed by atoms with E-state index in [1.54, 1.807) is 12.1 Å². The van der Waals surface area contributed by atoms with Crippen LogP contribution in [0.25, 0.3) is 6.08 Å². The number of pyridine rings is 1. The zero-order valence-electron chi connectivity index (χ0n) is 14.3. The van der Waals surface area contributed by atoms with Gasteiger partial charge in [-0.25, -0.2) is 13.2 Å². The standard InChI is InChI=1S/C17H21BF3NO2/c1-15(2)16(3,4)24-18(23-15)14(19)7-11-5-6-13(22-10-11)12-8-17(20,21)9-12/h5-7,10,12H,8-9H2,1-4H3. The van der Waals surface area contributed by atoms with Gasteiger partial charge in [0.2, 0.25) is 5.92 Å². The lowest BCUT2D eigenvalue weighted by Crippen LogP contribution is -2.41. The first-order valence-electron chi connectivity index (χ1n) is 8.06. The van der Waals surface area contributed by atoms with Crippen molar-refractivity contribution in [3.63, 3.8) is 0 Å². The molecule has 2 fully saturated rings. The number of aromatic nitrogens is 1. The SMILES string of the molecule is CC1(C)OB(C(F)=Cc2ccc(C3CC(F)(F)C3)nc2)OC1(C)C. The highest BCUT2D eigenvalue weighted by Gasteiger charge is 2.53. The van der Waals surface area contributed by atoms with Crippen LogP contribution in [0.1, 0.15) is 57.7 Å². The smallest absolute Gasteiger partial charge is 0.398 e. The van der Waals surface area contributed by atoms with Crippen LogP contribution in [0.3, 0.4) is 0 Å². The molecule has 3 rings (SSSR count). The molecule has 0 radical (unpaired) electrons. The van der Waals surface area contributed by atoms with Crippen molar-refractivity contribution in [2.24, 2.45) is 0 Å². The average molecular weight is 339 g/mol. The molecule has 1 aliphatic carbocycles. The highest BCUT2D eigenvalue weighted by molar-refractivity contribution is 6.54. The molecule has 1 saturated carbocycles. The first kappa shape index (κ1) is 17.5. The number of rotatable bonds is 3. The van der Waals surface area contributed by atoms with Gasteiger partial charge in [0.05, 0.1) is 11.2 Å². The van der Waals surface area contributed by atoms with Crippen molar-refractivity contribution in [2.45, 2.75) is 63.6 Å². The van der Waals surface area contributed by atoms with Crippen molar-refractivity contribution in [3.05, 3.63) is 35.3 Å². The third-order valence-electron chi connectivity index (χ3n) is 5.10. The van der Waals surface area contributed by atoms with Crippen LogP contribution in [-0.4, -0.2) is 29.2 Å². The Morgan fingerprint density at radius 2 is 1.75 bits per heavy atom. The second-order valence-corrected chi connectivity index (χ2v) is 7.59. The normalized spacial score (nSPS) is 25.6. The Bertz CT molecular complexity index is 634. The minimum atomic E-state index is -2.58. The Morgan fingerprint density at radius 1 is 1.17 bits per heavy atom. The Balaban J connectivity index is 1.68. The molecule has 0 N–H and O–H groups in total. The van der Waals surface area contributed by atoms with Crippen molar-refractivity contribution in [1.82, 2.24) is 4.98 Å². The summed E-state index contributed by atoms with van der Waals surface area (Å²) in [5, 5.41) is 0. The van der Waals surface area contributed by atoms with Crippen molar-refractivity contribution in [1.29, 1.82) is 0 Å². The van der Waals surface area contributed by atoms with Gasteiger partial charge in [0.15, 0.2) is 0 Å². The molecule has 1 aromatic heterocycles. The van der Waals surface area contributed by atoms with E-state index in [4.69, 9.17) is 9.31 Å². The first-order valence-corrected chi connectivity index (χ1v) is 8.06. The summed E-state index contributed by atoms with van der Waals surface area (Å²) in [6, 6.07) is 3.34. The molecule has 0 atom stereocenters. The largest absolute Gasteiger partial charge is 0.525 e. The second-order valence-electron chi connectivity index (χ2n) is 7.59. The molecule has 1 saturated heterocycles. The lowest BCUT2D eigenvalue weighted by Gasteiger charge is -2.34. The molecule has 0 unspecified atom stereocenters. The van der Waals surface area contributed by atoms with E-state index >= 15 is 0 Å². The summed E-state index contributed by atoms with van der Waals surface area (Å²) >= 11 is 0. The fraction of sp³-hybridized carbons (Fsp3) is 0.588. The molecule has 2 aliphatic rings. The Hall–Kier alpha value is -1.34. The summed E-state index contributed by atoms with van der Waals surface area (Å²) in [5.74, 6) is -2.79. The maximum atomic E-state index is 14.4. The number of hydrogen-bond donors (Lipinski definition) is 0. The second kappa shape index (κ2) is 5.59. The summed E-state index contributed by atoms with van der Waals surface area (Å²) in [6.45, 7) is 7.41. The molecular weight excluding hydrogens is 318 g/mol. The number of hydrogen-bond acceptors (Lipinski definition) is 3. The first-order chi connectivity index (χ1) is 11.0. The molecule has 130 valence electrons. The minimum Gasteiger partial charge on any atom is -0.398 e. The van der Waals surface area contributed by atoms with Gasteiger partial charge in [-0.3, -0.25) is 4.98 Å². The van der Waals surface area contributed by atoms with E-state index in [1.165, 1.54) is 12.3 Å². The van der Waals surface area contributed by atoms with Gasteiger partial charge < -0.3 is 9.31 Å². The van der Waals surface area contributed by atoms with Crippen LogP contribution in [-0.2, 0) is 9.31 Å². The van der Waals surface area contributed by atoms with Crippen molar-refractivity contribution in [3.8, 4) is 0 Å². The molecule has 0 bridgehead atoms. The maximum Gasteiger partial charge on any atom is 0.525 e. The van der Waals surface area contributed by atoms with E-state index in [-0.39, 0.29) is 18.8 Å². The molecule has 24 heavy (non-hydrogen) atoms.